The standard InChI is InChI=1S/C25H38N4O4/c1-18-14-19(2)20(28-15-18)16-29(13-9-8-11-27-24(30)33-25(3,4)5)17-21-23(32-7)22(31-6)10-12-26-21/h10,12,14-15H,8-9,11,13,16-17H2,1-7H3,(H,27,30). The molecule has 8 heteroatoms. The molecule has 1 amide bonds. The Balaban J connectivity index is 2.04. The average Bonchev–Trinajstić information content (AvgIpc) is 2.73. The number of pyridine rings is 2. The van der Waals surface area contributed by atoms with Crippen LogP contribution in [-0.2, 0) is 17.8 Å². The van der Waals surface area contributed by atoms with Crippen LogP contribution < -0.4 is 14.8 Å². The van der Waals surface area contributed by atoms with Gasteiger partial charge in [-0.15, -0.1) is 0 Å². The van der Waals surface area contributed by atoms with Gasteiger partial charge < -0.3 is 19.5 Å². The summed E-state index contributed by atoms with van der Waals surface area (Å²) in [5, 5.41) is 2.82. The Morgan fingerprint density at radius 3 is 2.42 bits per heavy atom. The molecule has 0 saturated carbocycles. The number of aryl methyl sites for hydroxylation is 2. The lowest BCUT2D eigenvalue weighted by molar-refractivity contribution is 0.0526. The normalized spacial score (nSPS) is 11.4. The van der Waals surface area contributed by atoms with Crippen molar-refractivity contribution in [1.29, 1.82) is 0 Å². The van der Waals surface area contributed by atoms with E-state index in [9.17, 15) is 4.79 Å². The number of hydrogen-bond acceptors (Lipinski definition) is 7. The molecule has 0 fully saturated rings. The van der Waals surface area contributed by atoms with Crippen LogP contribution in [0.1, 0.15) is 56.1 Å². The molecule has 0 aliphatic rings. The van der Waals surface area contributed by atoms with Gasteiger partial charge in [0.05, 0.1) is 19.9 Å². The van der Waals surface area contributed by atoms with E-state index < -0.39 is 5.60 Å². The molecule has 1 N–H and O–H groups in total. The van der Waals surface area contributed by atoms with E-state index >= 15 is 0 Å². The van der Waals surface area contributed by atoms with Crippen LogP contribution in [0.2, 0.25) is 0 Å². The number of amides is 1. The van der Waals surface area contributed by atoms with Crippen molar-refractivity contribution >= 4 is 6.09 Å². The van der Waals surface area contributed by atoms with Crippen molar-refractivity contribution < 1.29 is 19.0 Å². The van der Waals surface area contributed by atoms with Gasteiger partial charge in [-0.2, -0.15) is 0 Å². The maximum atomic E-state index is 11.8. The zero-order valence-corrected chi connectivity index (χ0v) is 21.0. The molecule has 0 unspecified atom stereocenters. The van der Waals surface area contributed by atoms with Gasteiger partial charge in [-0.05, 0) is 65.1 Å². The number of unbranched alkanes of at least 4 members (excludes halogenated alkanes) is 1. The lowest BCUT2D eigenvalue weighted by Gasteiger charge is -2.24. The Morgan fingerprint density at radius 2 is 1.79 bits per heavy atom. The van der Waals surface area contributed by atoms with Gasteiger partial charge >= 0.3 is 6.09 Å². The van der Waals surface area contributed by atoms with E-state index in [-0.39, 0.29) is 6.09 Å². The van der Waals surface area contributed by atoms with E-state index in [1.165, 1.54) is 0 Å². The molecular formula is C25H38N4O4. The number of rotatable bonds is 11. The minimum Gasteiger partial charge on any atom is -0.493 e. The first-order valence-electron chi connectivity index (χ1n) is 11.3. The predicted octanol–water partition coefficient (Wildman–Crippen LogP) is 4.42. The van der Waals surface area contributed by atoms with E-state index in [4.69, 9.17) is 14.2 Å². The molecule has 2 rings (SSSR count). The second-order valence-electron chi connectivity index (χ2n) is 9.12. The Kier molecular flexibility index (Phi) is 9.91. The molecule has 0 atom stereocenters. The molecule has 2 heterocycles. The average molecular weight is 459 g/mol. The lowest BCUT2D eigenvalue weighted by atomic mass is 10.1. The van der Waals surface area contributed by atoms with E-state index in [0.717, 1.165) is 41.9 Å². The number of hydrogen-bond donors (Lipinski definition) is 1. The van der Waals surface area contributed by atoms with Crippen LogP contribution in [0.5, 0.6) is 11.5 Å². The minimum atomic E-state index is -0.497. The molecule has 2 aromatic rings. The number of alkyl carbamates (subject to hydrolysis) is 1. The second-order valence-corrected chi connectivity index (χ2v) is 9.12. The second kappa shape index (κ2) is 12.4. The molecular weight excluding hydrogens is 420 g/mol. The number of nitrogens with one attached hydrogen (secondary N) is 1. The SMILES string of the molecule is COc1ccnc(CN(CCCCNC(=O)OC(C)(C)C)Cc2ncc(C)cc2C)c1OC. The molecule has 8 nitrogen and oxygen atoms in total. The van der Waals surface area contributed by atoms with Crippen molar-refractivity contribution in [3.05, 3.63) is 47.0 Å². The fourth-order valence-corrected chi connectivity index (χ4v) is 3.48. The van der Waals surface area contributed by atoms with Gasteiger partial charge in [0.2, 0.25) is 0 Å². The van der Waals surface area contributed by atoms with Gasteiger partial charge in [0.25, 0.3) is 0 Å². The number of methoxy groups -OCH3 is 2. The molecule has 0 aliphatic heterocycles. The highest BCUT2D eigenvalue weighted by atomic mass is 16.6. The number of nitrogens with zero attached hydrogens (tertiary/aromatic N) is 3. The quantitative estimate of drug-likeness (QED) is 0.499. The van der Waals surface area contributed by atoms with Crippen LogP contribution >= 0.6 is 0 Å². The summed E-state index contributed by atoms with van der Waals surface area (Å²) in [6.07, 6.45) is 4.97. The lowest BCUT2D eigenvalue weighted by Crippen LogP contribution is -2.33. The fourth-order valence-electron chi connectivity index (χ4n) is 3.48. The summed E-state index contributed by atoms with van der Waals surface area (Å²) < 4.78 is 16.3. The molecule has 0 aromatic carbocycles. The fraction of sp³-hybridized carbons (Fsp3) is 0.560. The highest BCUT2D eigenvalue weighted by molar-refractivity contribution is 5.67. The topological polar surface area (TPSA) is 85.8 Å². The maximum Gasteiger partial charge on any atom is 0.407 e. The number of ether oxygens (including phenoxy) is 3. The van der Waals surface area contributed by atoms with Crippen LogP contribution in [0, 0.1) is 13.8 Å². The van der Waals surface area contributed by atoms with Crippen molar-refractivity contribution in [2.24, 2.45) is 0 Å². The van der Waals surface area contributed by atoms with Crippen LogP contribution in [0.25, 0.3) is 0 Å². The highest BCUT2D eigenvalue weighted by Crippen LogP contribution is 2.30. The summed E-state index contributed by atoms with van der Waals surface area (Å²) >= 11 is 0. The van der Waals surface area contributed by atoms with Crippen molar-refractivity contribution in [2.75, 3.05) is 27.3 Å². The Morgan fingerprint density at radius 1 is 1.06 bits per heavy atom. The summed E-state index contributed by atoms with van der Waals surface area (Å²) in [7, 11) is 3.25. The molecule has 0 aliphatic carbocycles. The van der Waals surface area contributed by atoms with Crippen molar-refractivity contribution in [2.45, 2.75) is 66.2 Å². The molecule has 2 aromatic heterocycles. The van der Waals surface area contributed by atoms with Crippen LogP contribution in [-0.4, -0.2) is 53.9 Å². The van der Waals surface area contributed by atoms with Gasteiger partial charge in [0.15, 0.2) is 11.5 Å². The largest absolute Gasteiger partial charge is 0.493 e. The summed E-state index contributed by atoms with van der Waals surface area (Å²) in [5.74, 6) is 1.30. The summed E-state index contributed by atoms with van der Waals surface area (Å²) in [6.45, 7) is 12.3. The summed E-state index contributed by atoms with van der Waals surface area (Å²) in [6, 6.07) is 3.94. The van der Waals surface area contributed by atoms with Crippen molar-refractivity contribution in [1.82, 2.24) is 20.2 Å². The van der Waals surface area contributed by atoms with E-state index in [0.29, 0.717) is 31.1 Å². The van der Waals surface area contributed by atoms with Gasteiger partial charge in [-0.1, -0.05) is 6.07 Å². The zero-order chi connectivity index (χ0) is 24.4. The third-order valence-electron chi connectivity index (χ3n) is 5.01. The monoisotopic (exact) mass is 458 g/mol. The molecule has 182 valence electrons. The Bertz CT molecular complexity index is 912. The first-order chi connectivity index (χ1) is 15.6. The Labute approximate surface area is 197 Å². The number of aromatic nitrogens is 2. The maximum absolute atomic E-state index is 11.8. The van der Waals surface area contributed by atoms with E-state index in [1.54, 1.807) is 26.5 Å². The van der Waals surface area contributed by atoms with Crippen molar-refractivity contribution in [3.8, 4) is 11.5 Å². The highest BCUT2D eigenvalue weighted by Gasteiger charge is 2.18. The van der Waals surface area contributed by atoms with Crippen LogP contribution in [0.4, 0.5) is 4.79 Å². The molecule has 0 spiro atoms. The number of carbonyl (C=O) groups is 1. The third kappa shape index (κ3) is 8.88. The third-order valence-corrected chi connectivity index (χ3v) is 5.01. The smallest absolute Gasteiger partial charge is 0.407 e. The Hall–Kier alpha value is -2.87. The van der Waals surface area contributed by atoms with Gasteiger partial charge in [-0.3, -0.25) is 14.9 Å². The van der Waals surface area contributed by atoms with E-state index in [2.05, 4.69) is 33.2 Å². The zero-order valence-electron chi connectivity index (χ0n) is 21.0. The minimum absolute atomic E-state index is 0.385. The molecule has 33 heavy (non-hydrogen) atoms. The van der Waals surface area contributed by atoms with Gasteiger partial charge in [0.1, 0.15) is 11.3 Å². The summed E-state index contributed by atoms with van der Waals surface area (Å²) in [5.41, 5.74) is 3.66. The first kappa shape index (κ1) is 26.4. The molecule has 0 bridgehead atoms. The van der Waals surface area contributed by atoms with Gasteiger partial charge in [-0.25, -0.2) is 4.79 Å². The predicted molar refractivity (Wildman–Crippen MR) is 129 cm³/mol. The van der Waals surface area contributed by atoms with Crippen LogP contribution in [0.15, 0.2) is 24.5 Å². The molecule has 0 radical (unpaired) electrons. The summed E-state index contributed by atoms with van der Waals surface area (Å²) in [4.78, 5) is 23.3. The van der Waals surface area contributed by atoms with Gasteiger partial charge in [0, 0.05) is 38.1 Å². The number of carbonyl (C=O) groups excluding carboxylic acids is 1. The molecule has 0 saturated heterocycles. The van der Waals surface area contributed by atoms with E-state index in [1.807, 2.05) is 33.9 Å². The first-order valence-corrected chi connectivity index (χ1v) is 11.3. The van der Waals surface area contributed by atoms with Crippen LogP contribution in [0.3, 0.4) is 0 Å². The van der Waals surface area contributed by atoms with Crippen molar-refractivity contribution in [3.63, 3.8) is 0 Å².